The second-order valence-electron chi connectivity index (χ2n) is 5.95. The van der Waals surface area contributed by atoms with Gasteiger partial charge in [0, 0.05) is 30.9 Å². The predicted octanol–water partition coefficient (Wildman–Crippen LogP) is 1.91. The van der Waals surface area contributed by atoms with Gasteiger partial charge in [-0.15, -0.1) is 0 Å². The molecule has 1 amide bonds. The average Bonchev–Trinajstić information content (AvgIpc) is 3.31. The van der Waals surface area contributed by atoms with Crippen LogP contribution in [0.15, 0.2) is 12.3 Å². The minimum Gasteiger partial charge on any atom is -0.368 e. The highest BCUT2D eigenvalue weighted by molar-refractivity contribution is 7.99. The van der Waals surface area contributed by atoms with Crippen molar-refractivity contribution < 1.29 is 4.79 Å². The molecule has 3 rings (SSSR count). The molecule has 2 heterocycles. The minimum absolute atomic E-state index is 0.293. The summed E-state index contributed by atoms with van der Waals surface area (Å²) < 4.78 is 0. The van der Waals surface area contributed by atoms with Gasteiger partial charge in [0.25, 0.3) is 0 Å². The zero-order chi connectivity index (χ0) is 14.7. The topological polar surface area (TPSA) is 72.1 Å². The number of amides is 1. The van der Waals surface area contributed by atoms with Crippen LogP contribution in [0.25, 0.3) is 0 Å². The average molecular weight is 306 g/mol. The van der Waals surface area contributed by atoms with E-state index in [2.05, 4.69) is 9.97 Å². The second-order valence-corrected chi connectivity index (χ2v) is 6.98. The molecule has 0 bridgehead atoms. The van der Waals surface area contributed by atoms with E-state index >= 15 is 0 Å². The summed E-state index contributed by atoms with van der Waals surface area (Å²) in [6.07, 6.45) is 6.36. The van der Waals surface area contributed by atoms with Gasteiger partial charge in [-0.25, -0.2) is 9.97 Å². The number of rotatable bonds is 5. The van der Waals surface area contributed by atoms with E-state index in [0.717, 1.165) is 43.3 Å². The molecular formula is C15H22N4OS. The Kier molecular flexibility index (Phi) is 4.63. The Morgan fingerprint density at radius 1 is 1.33 bits per heavy atom. The standard InChI is InChI=1S/C15H22N4OS/c16-15-17-6-3-13(18-15)12-4-7-19(8-5-12)14(20)10-21-9-11-1-2-11/h3,6,11-12H,1-2,4-5,7-10H2,(H2,16,17,18). The molecule has 0 aromatic carbocycles. The molecule has 2 aliphatic rings. The summed E-state index contributed by atoms with van der Waals surface area (Å²) in [5.74, 6) is 3.71. The summed E-state index contributed by atoms with van der Waals surface area (Å²) in [6.45, 7) is 1.66. The molecule has 1 aromatic rings. The predicted molar refractivity (Wildman–Crippen MR) is 85.0 cm³/mol. The normalized spacial score (nSPS) is 19.7. The highest BCUT2D eigenvalue weighted by Gasteiger charge is 2.26. The van der Waals surface area contributed by atoms with Gasteiger partial charge in [0.2, 0.25) is 11.9 Å². The van der Waals surface area contributed by atoms with E-state index in [1.54, 1.807) is 18.0 Å². The summed E-state index contributed by atoms with van der Waals surface area (Å²) >= 11 is 1.80. The van der Waals surface area contributed by atoms with Crippen LogP contribution >= 0.6 is 11.8 Å². The first-order chi connectivity index (χ1) is 10.2. The van der Waals surface area contributed by atoms with Crippen molar-refractivity contribution in [2.45, 2.75) is 31.6 Å². The number of carbonyl (C=O) groups excluding carboxylic acids is 1. The second kappa shape index (κ2) is 6.64. The van der Waals surface area contributed by atoms with Crippen LogP contribution in [-0.4, -0.2) is 45.4 Å². The van der Waals surface area contributed by atoms with Gasteiger partial charge in [0.15, 0.2) is 0 Å². The van der Waals surface area contributed by atoms with Crippen LogP contribution in [0.4, 0.5) is 5.95 Å². The van der Waals surface area contributed by atoms with Crippen LogP contribution in [0.3, 0.4) is 0 Å². The lowest BCUT2D eigenvalue weighted by atomic mass is 9.93. The SMILES string of the molecule is Nc1nccc(C2CCN(C(=O)CSCC3CC3)CC2)n1. The highest BCUT2D eigenvalue weighted by Crippen LogP contribution is 2.32. The maximum absolute atomic E-state index is 12.2. The van der Waals surface area contributed by atoms with Crippen LogP contribution in [-0.2, 0) is 4.79 Å². The van der Waals surface area contributed by atoms with Crippen molar-refractivity contribution in [2.75, 3.05) is 30.3 Å². The Morgan fingerprint density at radius 2 is 2.10 bits per heavy atom. The summed E-state index contributed by atoms with van der Waals surface area (Å²) in [7, 11) is 0. The molecular weight excluding hydrogens is 284 g/mol. The zero-order valence-electron chi connectivity index (χ0n) is 12.2. The first kappa shape index (κ1) is 14.6. The number of nitrogens with two attached hydrogens (primary N) is 1. The molecule has 1 saturated heterocycles. The molecule has 0 spiro atoms. The smallest absolute Gasteiger partial charge is 0.232 e. The van der Waals surface area contributed by atoms with E-state index in [0.29, 0.717) is 23.5 Å². The lowest BCUT2D eigenvalue weighted by Crippen LogP contribution is -2.39. The van der Waals surface area contributed by atoms with Crippen molar-refractivity contribution >= 4 is 23.6 Å². The van der Waals surface area contributed by atoms with Gasteiger partial charge in [-0.1, -0.05) is 0 Å². The third kappa shape index (κ3) is 4.09. The van der Waals surface area contributed by atoms with Crippen LogP contribution in [0.5, 0.6) is 0 Å². The first-order valence-corrected chi connectivity index (χ1v) is 8.82. The van der Waals surface area contributed by atoms with E-state index in [1.165, 1.54) is 12.8 Å². The summed E-state index contributed by atoms with van der Waals surface area (Å²) in [5, 5.41) is 0. The Hall–Kier alpha value is -1.30. The van der Waals surface area contributed by atoms with Crippen LogP contribution < -0.4 is 5.73 Å². The number of thioether (sulfide) groups is 1. The fourth-order valence-corrected chi connectivity index (χ4v) is 3.87. The summed E-state index contributed by atoms with van der Waals surface area (Å²) in [4.78, 5) is 22.4. The molecule has 0 radical (unpaired) electrons. The zero-order valence-corrected chi connectivity index (χ0v) is 13.0. The van der Waals surface area contributed by atoms with Gasteiger partial charge in [-0.2, -0.15) is 11.8 Å². The van der Waals surface area contributed by atoms with Gasteiger partial charge in [-0.3, -0.25) is 4.79 Å². The van der Waals surface area contributed by atoms with Crippen molar-refractivity contribution in [3.8, 4) is 0 Å². The maximum atomic E-state index is 12.2. The van der Waals surface area contributed by atoms with Crippen LogP contribution in [0, 0.1) is 5.92 Å². The molecule has 1 aliphatic heterocycles. The van der Waals surface area contributed by atoms with E-state index in [-0.39, 0.29) is 0 Å². The molecule has 1 aromatic heterocycles. The lowest BCUT2D eigenvalue weighted by Gasteiger charge is -2.31. The van der Waals surface area contributed by atoms with Crippen LogP contribution in [0.2, 0.25) is 0 Å². The molecule has 0 atom stereocenters. The lowest BCUT2D eigenvalue weighted by molar-refractivity contribution is -0.129. The number of carbonyl (C=O) groups is 1. The third-order valence-electron chi connectivity index (χ3n) is 4.24. The van der Waals surface area contributed by atoms with Crippen molar-refractivity contribution in [2.24, 2.45) is 5.92 Å². The highest BCUT2D eigenvalue weighted by atomic mass is 32.2. The number of hydrogen-bond donors (Lipinski definition) is 1. The molecule has 5 nitrogen and oxygen atoms in total. The van der Waals surface area contributed by atoms with Gasteiger partial charge in [-0.05, 0) is 43.4 Å². The van der Waals surface area contributed by atoms with E-state index in [1.807, 2.05) is 11.0 Å². The summed E-state index contributed by atoms with van der Waals surface area (Å²) in [5.41, 5.74) is 6.65. The Bertz CT molecular complexity index is 498. The van der Waals surface area contributed by atoms with E-state index < -0.39 is 0 Å². The number of hydrogen-bond acceptors (Lipinski definition) is 5. The fraction of sp³-hybridized carbons (Fsp3) is 0.667. The molecule has 1 saturated carbocycles. The van der Waals surface area contributed by atoms with Crippen molar-refractivity contribution in [3.63, 3.8) is 0 Å². The number of anilines is 1. The van der Waals surface area contributed by atoms with E-state index in [4.69, 9.17) is 5.73 Å². The molecule has 6 heteroatoms. The fourth-order valence-electron chi connectivity index (χ4n) is 2.73. The number of likely N-dealkylation sites (tertiary alicyclic amines) is 1. The largest absolute Gasteiger partial charge is 0.368 e. The number of aromatic nitrogens is 2. The van der Waals surface area contributed by atoms with E-state index in [9.17, 15) is 4.79 Å². The Morgan fingerprint density at radius 3 is 2.76 bits per heavy atom. The van der Waals surface area contributed by atoms with Gasteiger partial charge in [0.1, 0.15) is 0 Å². The molecule has 0 unspecified atom stereocenters. The Balaban J connectivity index is 1.44. The molecule has 2 fully saturated rings. The first-order valence-electron chi connectivity index (χ1n) is 7.66. The minimum atomic E-state index is 0.293. The molecule has 21 heavy (non-hydrogen) atoms. The number of piperidine rings is 1. The molecule has 2 N–H and O–H groups in total. The number of nitrogen functional groups attached to an aromatic ring is 1. The van der Waals surface area contributed by atoms with Crippen LogP contribution in [0.1, 0.15) is 37.3 Å². The number of nitrogens with zero attached hydrogens (tertiary/aromatic N) is 3. The van der Waals surface area contributed by atoms with Crippen molar-refractivity contribution in [1.29, 1.82) is 0 Å². The Labute approximate surface area is 129 Å². The van der Waals surface area contributed by atoms with Gasteiger partial charge < -0.3 is 10.6 Å². The third-order valence-corrected chi connectivity index (χ3v) is 5.40. The van der Waals surface area contributed by atoms with Crippen molar-refractivity contribution in [3.05, 3.63) is 18.0 Å². The quantitative estimate of drug-likeness (QED) is 0.899. The monoisotopic (exact) mass is 306 g/mol. The van der Waals surface area contributed by atoms with Gasteiger partial charge in [0.05, 0.1) is 5.75 Å². The molecule has 114 valence electrons. The summed E-state index contributed by atoms with van der Waals surface area (Å²) in [6, 6.07) is 1.93. The van der Waals surface area contributed by atoms with Gasteiger partial charge >= 0.3 is 0 Å². The maximum Gasteiger partial charge on any atom is 0.232 e. The van der Waals surface area contributed by atoms with Crippen molar-refractivity contribution in [1.82, 2.24) is 14.9 Å². The molecule has 1 aliphatic carbocycles.